The van der Waals surface area contributed by atoms with E-state index in [9.17, 15) is 9.59 Å². The minimum absolute atomic E-state index is 0.149. The standard InChI is InChI=1S/C22H28N4O3S3/c1-6-8-16-9-14(11-30-16)19-24-25-22(26(19)13(3)4)31-12-18(27)23-20-17(21(28)29-5)10-15(7-2)32-20/h9-11,13H,6-8,12H2,1-5H3,(H,23,27). The number of nitrogens with zero attached hydrogens (tertiary/aromatic N) is 3. The Kier molecular flexibility index (Phi) is 8.50. The van der Waals surface area contributed by atoms with Crippen LogP contribution in [0.5, 0.6) is 0 Å². The average molecular weight is 493 g/mol. The molecule has 1 N–H and O–H groups in total. The Morgan fingerprint density at radius 3 is 2.66 bits per heavy atom. The number of thiophene rings is 2. The number of rotatable bonds is 10. The van der Waals surface area contributed by atoms with Gasteiger partial charge in [-0.2, -0.15) is 0 Å². The zero-order chi connectivity index (χ0) is 23.3. The van der Waals surface area contributed by atoms with Gasteiger partial charge in [0.25, 0.3) is 0 Å². The number of hydrogen-bond donors (Lipinski definition) is 1. The van der Waals surface area contributed by atoms with Crippen LogP contribution in [-0.4, -0.2) is 39.5 Å². The average Bonchev–Trinajstić information content (AvgIpc) is 3.49. The van der Waals surface area contributed by atoms with Crippen molar-refractivity contribution in [3.8, 4) is 11.4 Å². The summed E-state index contributed by atoms with van der Waals surface area (Å²) in [6, 6.07) is 4.10. The molecule has 0 unspecified atom stereocenters. The van der Waals surface area contributed by atoms with Crippen molar-refractivity contribution < 1.29 is 14.3 Å². The van der Waals surface area contributed by atoms with Crippen LogP contribution in [-0.2, 0) is 22.4 Å². The van der Waals surface area contributed by atoms with Crippen molar-refractivity contribution in [3.05, 3.63) is 32.8 Å². The lowest BCUT2D eigenvalue weighted by atomic mass is 10.2. The molecule has 0 aliphatic rings. The molecule has 0 atom stereocenters. The minimum atomic E-state index is -0.452. The molecule has 32 heavy (non-hydrogen) atoms. The van der Waals surface area contributed by atoms with Crippen molar-refractivity contribution in [1.82, 2.24) is 14.8 Å². The Bertz CT molecular complexity index is 1080. The van der Waals surface area contributed by atoms with Crippen molar-refractivity contribution in [1.29, 1.82) is 0 Å². The second-order valence-corrected chi connectivity index (χ2v) is 10.5. The number of aromatic nitrogens is 3. The van der Waals surface area contributed by atoms with Gasteiger partial charge in [-0.1, -0.05) is 32.0 Å². The molecule has 3 aromatic heterocycles. The van der Waals surface area contributed by atoms with Crippen LogP contribution >= 0.6 is 34.4 Å². The lowest BCUT2D eigenvalue weighted by Crippen LogP contribution is -2.16. The summed E-state index contributed by atoms with van der Waals surface area (Å²) in [5.41, 5.74) is 1.45. The van der Waals surface area contributed by atoms with Crippen LogP contribution in [0.25, 0.3) is 11.4 Å². The van der Waals surface area contributed by atoms with Gasteiger partial charge < -0.3 is 10.1 Å². The van der Waals surface area contributed by atoms with Crippen molar-refractivity contribution in [2.45, 2.75) is 58.2 Å². The molecule has 0 saturated carbocycles. The van der Waals surface area contributed by atoms with Crippen molar-refractivity contribution in [2.75, 3.05) is 18.2 Å². The van der Waals surface area contributed by atoms with Gasteiger partial charge in [0.15, 0.2) is 11.0 Å². The van der Waals surface area contributed by atoms with E-state index in [1.54, 1.807) is 17.4 Å². The summed E-state index contributed by atoms with van der Waals surface area (Å²) in [7, 11) is 1.34. The summed E-state index contributed by atoms with van der Waals surface area (Å²) in [6.45, 7) is 8.33. The third-order valence-electron chi connectivity index (χ3n) is 4.71. The Morgan fingerprint density at radius 2 is 2.00 bits per heavy atom. The number of hydrogen-bond acceptors (Lipinski definition) is 8. The Labute approximate surface area is 200 Å². The molecule has 0 aromatic carbocycles. The van der Waals surface area contributed by atoms with Crippen LogP contribution < -0.4 is 5.32 Å². The number of amides is 1. The van der Waals surface area contributed by atoms with Gasteiger partial charge >= 0.3 is 5.97 Å². The quantitative estimate of drug-likeness (QED) is 0.289. The highest BCUT2D eigenvalue weighted by atomic mass is 32.2. The van der Waals surface area contributed by atoms with Gasteiger partial charge in [-0.25, -0.2) is 4.79 Å². The first-order valence-corrected chi connectivity index (χ1v) is 13.2. The number of nitrogens with one attached hydrogen (secondary N) is 1. The van der Waals surface area contributed by atoms with Crippen molar-refractivity contribution >= 4 is 51.3 Å². The van der Waals surface area contributed by atoms with E-state index in [0.29, 0.717) is 15.7 Å². The SMILES string of the molecule is CCCc1cc(-c2nnc(SCC(=O)Nc3sc(CC)cc3C(=O)OC)n2C(C)C)cs1. The van der Waals surface area contributed by atoms with E-state index >= 15 is 0 Å². The fourth-order valence-corrected chi connectivity index (χ4v) is 6.01. The van der Waals surface area contributed by atoms with Crippen LogP contribution in [0.3, 0.4) is 0 Å². The predicted octanol–water partition coefficient (Wildman–Crippen LogP) is 5.68. The smallest absolute Gasteiger partial charge is 0.340 e. The molecule has 3 rings (SSSR count). The number of esters is 1. The fourth-order valence-electron chi connectivity index (χ4n) is 3.18. The number of methoxy groups -OCH3 is 1. The highest BCUT2D eigenvalue weighted by Gasteiger charge is 2.21. The number of aryl methyl sites for hydroxylation is 2. The predicted molar refractivity (Wildman–Crippen MR) is 132 cm³/mol. The third kappa shape index (κ3) is 5.60. The topological polar surface area (TPSA) is 86.1 Å². The Morgan fingerprint density at radius 1 is 1.22 bits per heavy atom. The summed E-state index contributed by atoms with van der Waals surface area (Å²) in [5.74, 6) is 0.326. The van der Waals surface area contributed by atoms with Gasteiger partial charge in [-0.15, -0.1) is 32.9 Å². The Hall–Kier alpha value is -2.17. The molecule has 0 bridgehead atoms. The summed E-state index contributed by atoms with van der Waals surface area (Å²) >= 11 is 4.47. The van der Waals surface area contributed by atoms with Crippen LogP contribution in [0.2, 0.25) is 0 Å². The number of carbonyl (C=O) groups excluding carboxylic acids is 2. The molecular formula is C22H28N4O3S3. The molecule has 0 radical (unpaired) electrons. The van der Waals surface area contributed by atoms with E-state index in [0.717, 1.165) is 35.5 Å². The van der Waals surface area contributed by atoms with E-state index < -0.39 is 5.97 Å². The summed E-state index contributed by atoms with van der Waals surface area (Å²) < 4.78 is 6.91. The number of thioether (sulfide) groups is 1. The maximum atomic E-state index is 12.6. The van der Waals surface area contributed by atoms with E-state index in [1.165, 1.54) is 35.1 Å². The number of anilines is 1. The lowest BCUT2D eigenvalue weighted by molar-refractivity contribution is -0.113. The summed E-state index contributed by atoms with van der Waals surface area (Å²) in [5, 5.41) is 15.0. The lowest BCUT2D eigenvalue weighted by Gasteiger charge is -2.13. The van der Waals surface area contributed by atoms with Crippen LogP contribution in [0, 0.1) is 0 Å². The molecule has 0 saturated heterocycles. The van der Waals surface area contributed by atoms with Crippen molar-refractivity contribution in [2.24, 2.45) is 0 Å². The van der Waals surface area contributed by atoms with Gasteiger partial charge in [-0.05, 0) is 38.8 Å². The molecule has 0 aliphatic carbocycles. The number of carbonyl (C=O) groups is 2. The Balaban J connectivity index is 1.73. The van der Waals surface area contributed by atoms with Gasteiger partial charge in [-0.3, -0.25) is 9.36 Å². The van der Waals surface area contributed by atoms with E-state index in [1.807, 2.05) is 6.92 Å². The summed E-state index contributed by atoms with van der Waals surface area (Å²) in [6.07, 6.45) is 2.94. The first kappa shape index (κ1) is 24.5. The molecule has 10 heteroatoms. The van der Waals surface area contributed by atoms with E-state index in [-0.39, 0.29) is 17.7 Å². The maximum Gasteiger partial charge on any atom is 0.340 e. The van der Waals surface area contributed by atoms with Gasteiger partial charge in [0.1, 0.15) is 5.00 Å². The monoisotopic (exact) mass is 492 g/mol. The maximum absolute atomic E-state index is 12.6. The first-order valence-electron chi connectivity index (χ1n) is 10.5. The van der Waals surface area contributed by atoms with E-state index in [2.05, 4.69) is 52.3 Å². The molecule has 1 amide bonds. The molecular weight excluding hydrogens is 464 g/mol. The fraction of sp³-hybridized carbons (Fsp3) is 0.455. The molecule has 172 valence electrons. The van der Waals surface area contributed by atoms with Crippen LogP contribution in [0.4, 0.5) is 5.00 Å². The first-order chi connectivity index (χ1) is 15.4. The highest BCUT2D eigenvalue weighted by molar-refractivity contribution is 7.99. The molecule has 7 nitrogen and oxygen atoms in total. The molecule has 0 aliphatic heterocycles. The zero-order valence-corrected chi connectivity index (χ0v) is 21.4. The second-order valence-electron chi connectivity index (χ2n) is 7.46. The normalized spacial score (nSPS) is 11.2. The number of ether oxygens (including phenoxy) is 1. The molecule has 3 heterocycles. The van der Waals surface area contributed by atoms with Crippen LogP contribution in [0.1, 0.15) is 60.3 Å². The van der Waals surface area contributed by atoms with Gasteiger partial charge in [0.05, 0.1) is 18.4 Å². The zero-order valence-electron chi connectivity index (χ0n) is 18.9. The van der Waals surface area contributed by atoms with Crippen molar-refractivity contribution in [3.63, 3.8) is 0 Å². The second kappa shape index (κ2) is 11.1. The highest BCUT2D eigenvalue weighted by Crippen LogP contribution is 2.32. The van der Waals surface area contributed by atoms with Crippen LogP contribution in [0.15, 0.2) is 22.7 Å². The molecule has 3 aromatic rings. The minimum Gasteiger partial charge on any atom is -0.465 e. The van der Waals surface area contributed by atoms with E-state index in [4.69, 9.17) is 4.74 Å². The molecule has 0 spiro atoms. The molecule has 0 fully saturated rings. The summed E-state index contributed by atoms with van der Waals surface area (Å²) in [4.78, 5) is 27.0. The third-order valence-corrected chi connectivity index (χ3v) is 7.85. The largest absolute Gasteiger partial charge is 0.465 e. The van der Waals surface area contributed by atoms with Gasteiger partial charge in [0, 0.05) is 26.7 Å². The van der Waals surface area contributed by atoms with Gasteiger partial charge in [0.2, 0.25) is 5.91 Å².